The van der Waals surface area contributed by atoms with Crippen molar-refractivity contribution in [2.45, 2.75) is 96.8 Å². The van der Waals surface area contributed by atoms with Gasteiger partial charge in [0.1, 0.15) is 5.75 Å². The molecule has 1 saturated carbocycles. The number of anilines is 1. The van der Waals surface area contributed by atoms with Gasteiger partial charge in [0.05, 0.1) is 36.8 Å². The maximum Gasteiger partial charge on any atom is 0.258 e. The molecule has 2 amide bonds. The van der Waals surface area contributed by atoms with Crippen LogP contribution in [0, 0.1) is 11.8 Å². The number of ether oxygens (including phenoxy) is 2. The molecule has 8 nitrogen and oxygen atoms in total. The maximum atomic E-state index is 14.4. The first-order chi connectivity index (χ1) is 21.7. The lowest BCUT2D eigenvalue weighted by molar-refractivity contribution is -0.115. The van der Waals surface area contributed by atoms with Crippen molar-refractivity contribution >= 4 is 17.5 Å². The number of carbonyl (C=O) groups excluding carboxylic acids is 2. The number of nitrogens with one attached hydrogen (secondary N) is 1. The Kier molecular flexibility index (Phi) is 13.7. The highest BCUT2D eigenvalue weighted by Crippen LogP contribution is 2.29. The van der Waals surface area contributed by atoms with Gasteiger partial charge in [0.25, 0.3) is 5.91 Å². The van der Waals surface area contributed by atoms with Crippen LogP contribution >= 0.6 is 0 Å². The Bertz CT molecular complexity index is 1200. The number of carbonyl (C=O) groups is 2. The Morgan fingerprint density at radius 2 is 1.76 bits per heavy atom. The van der Waals surface area contributed by atoms with Gasteiger partial charge in [-0.2, -0.15) is 0 Å². The summed E-state index contributed by atoms with van der Waals surface area (Å²) in [5, 5.41) is 13.2. The van der Waals surface area contributed by atoms with Crippen LogP contribution in [-0.4, -0.2) is 84.9 Å². The van der Waals surface area contributed by atoms with E-state index < -0.39 is 6.04 Å². The Balaban J connectivity index is 1.56. The first-order valence-corrected chi connectivity index (χ1v) is 17.1. The quantitative estimate of drug-likeness (QED) is 0.348. The van der Waals surface area contributed by atoms with Crippen LogP contribution in [-0.2, 0) is 16.0 Å². The molecule has 0 unspecified atom stereocenters. The Hall–Kier alpha value is -2.94. The predicted octanol–water partition coefficient (Wildman–Crippen LogP) is 6.18. The molecular formula is C37H55N3O5. The second kappa shape index (κ2) is 17.7. The summed E-state index contributed by atoms with van der Waals surface area (Å²) in [5.41, 5.74) is 1.84. The number of fused-ring (bicyclic) bond motifs is 1. The molecule has 4 rings (SSSR count). The second-order valence-corrected chi connectivity index (χ2v) is 13.4. The maximum absolute atomic E-state index is 14.4. The highest BCUT2D eigenvalue weighted by molar-refractivity contribution is 6.00. The topological polar surface area (TPSA) is 91.3 Å². The first-order valence-electron chi connectivity index (χ1n) is 17.1. The van der Waals surface area contributed by atoms with E-state index in [-0.39, 0.29) is 43.0 Å². The molecule has 1 fully saturated rings. The van der Waals surface area contributed by atoms with Crippen LogP contribution in [0.15, 0.2) is 48.5 Å². The van der Waals surface area contributed by atoms with E-state index in [1.165, 1.54) is 32.1 Å². The van der Waals surface area contributed by atoms with E-state index in [2.05, 4.69) is 24.2 Å². The fourth-order valence-electron chi connectivity index (χ4n) is 6.64. The number of aliphatic hydroxyl groups excluding tert-OH is 1. The monoisotopic (exact) mass is 621 g/mol. The van der Waals surface area contributed by atoms with Gasteiger partial charge in [-0.25, -0.2) is 0 Å². The van der Waals surface area contributed by atoms with Gasteiger partial charge in [0.2, 0.25) is 5.91 Å². The molecule has 0 spiro atoms. The van der Waals surface area contributed by atoms with Gasteiger partial charge in [-0.15, -0.1) is 0 Å². The number of hydrogen-bond donors (Lipinski definition) is 2. The number of amides is 2. The average Bonchev–Trinajstić information content (AvgIpc) is 3.03. The lowest BCUT2D eigenvalue weighted by Gasteiger charge is -2.36. The van der Waals surface area contributed by atoms with Crippen molar-refractivity contribution in [3.05, 3.63) is 59.7 Å². The Morgan fingerprint density at radius 1 is 1.02 bits per heavy atom. The molecule has 0 aromatic heterocycles. The van der Waals surface area contributed by atoms with Crippen molar-refractivity contribution in [2.24, 2.45) is 11.8 Å². The van der Waals surface area contributed by atoms with Crippen LogP contribution in [0.3, 0.4) is 0 Å². The minimum absolute atomic E-state index is 0.0387. The van der Waals surface area contributed by atoms with E-state index in [1.807, 2.05) is 44.2 Å². The van der Waals surface area contributed by atoms with Gasteiger partial charge in [-0.3, -0.25) is 9.59 Å². The lowest BCUT2D eigenvalue weighted by Crippen LogP contribution is -2.47. The third-order valence-corrected chi connectivity index (χ3v) is 9.33. The molecule has 1 heterocycles. The fraction of sp³-hybridized carbons (Fsp3) is 0.622. The molecule has 1 aliphatic heterocycles. The minimum Gasteiger partial charge on any atom is -0.490 e. The lowest BCUT2D eigenvalue weighted by atomic mass is 9.89. The van der Waals surface area contributed by atoms with Crippen LogP contribution in [0.5, 0.6) is 5.75 Å². The van der Waals surface area contributed by atoms with E-state index >= 15 is 0 Å². The molecule has 2 aromatic rings. The number of likely N-dealkylation sites (N-methyl/N-ethyl adjacent to an activating group) is 1. The summed E-state index contributed by atoms with van der Waals surface area (Å²) in [7, 11) is 2.19. The van der Waals surface area contributed by atoms with Gasteiger partial charge in [-0.05, 0) is 82.7 Å². The fourth-order valence-corrected chi connectivity index (χ4v) is 6.64. The summed E-state index contributed by atoms with van der Waals surface area (Å²) in [5.74, 6) is 0.891. The van der Waals surface area contributed by atoms with Crippen LogP contribution < -0.4 is 10.1 Å². The van der Waals surface area contributed by atoms with Crippen LogP contribution in [0.4, 0.5) is 5.69 Å². The highest BCUT2D eigenvalue weighted by Gasteiger charge is 2.31. The van der Waals surface area contributed by atoms with Gasteiger partial charge in [0.15, 0.2) is 0 Å². The molecule has 1 aliphatic carbocycles. The summed E-state index contributed by atoms with van der Waals surface area (Å²) < 4.78 is 12.9. The number of nitrogens with zero attached hydrogens (tertiary/aromatic N) is 2. The van der Waals surface area contributed by atoms with Crippen molar-refractivity contribution in [3.8, 4) is 5.75 Å². The zero-order valence-corrected chi connectivity index (χ0v) is 27.9. The SMILES string of the molecule is C[C@@H]1CCCCO[C@@H](CN(C)CC2CCCCC2)[C@@H](C)CN([C@@H](C)CO)C(=O)c2cc(NC(=O)Cc3ccccc3)ccc2O1. The van der Waals surface area contributed by atoms with Crippen molar-refractivity contribution in [2.75, 3.05) is 45.2 Å². The smallest absolute Gasteiger partial charge is 0.258 e. The molecule has 0 saturated heterocycles. The zero-order valence-electron chi connectivity index (χ0n) is 27.9. The molecule has 2 N–H and O–H groups in total. The van der Waals surface area contributed by atoms with E-state index in [1.54, 1.807) is 23.1 Å². The minimum atomic E-state index is -0.407. The number of hydrogen-bond acceptors (Lipinski definition) is 6. The molecule has 0 radical (unpaired) electrons. The van der Waals surface area contributed by atoms with Crippen molar-refractivity contribution in [3.63, 3.8) is 0 Å². The van der Waals surface area contributed by atoms with Gasteiger partial charge >= 0.3 is 0 Å². The molecule has 0 bridgehead atoms. The van der Waals surface area contributed by atoms with E-state index in [4.69, 9.17) is 9.47 Å². The summed E-state index contributed by atoms with van der Waals surface area (Å²) in [6, 6.07) is 14.5. The second-order valence-electron chi connectivity index (χ2n) is 13.4. The molecular weight excluding hydrogens is 566 g/mol. The normalized spacial score (nSPS) is 23.1. The van der Waals surface area contributed by atoms with E-state index in [0.717, 1.165) is 43.8 Å². The molecule has 4 atom stereocenters. The summed E-state index contributed by atoms with van der Waals surface area (Å²) in [6.45, 7) is 8.86. The first kappa shape index (κ1) is 34.9. The average molecular weight is 622 g/mol. The molecule has 248 valence electrons. The van der Waals surface area contributed by atoms with Crippen LogP contribution in [0.2, 0.25) is 0 Å². The predicted molar refractivity (Wildman–Crippen MR) is 180 cm³/mol. The van der Waals surface area contributed by atoms with Crippen molar-refractivity contribution in [1.29, 1.82) is 0 Å². The summed E-state index contributed by atoms with van der Waals surface area (Å²) in [4.78, 5) is 31.4. The Morgan fingerprint density at radius 3 is 2.49 bits per heavy atom. The zero-order chi connectivity index (χ0) is 32.2. The molecule has 2 aromatic carbocycles. The third kappa shape index (κ3) is 10.8. The molecule has 8 heteroatoms. The van der Waals surface area contributed by atoms with E-state index in [9.17, 15) is 14.7 Å². The highest BCUT2D eigenvalue weighted by atomic mass is 16.5. The summed E-state index contributed by atoms with van der Waals surface area (Å²) in [6.07, 6.45) is 9.45. The standard InChI is InChI=1S/C37H55N3O5/c1-27-23-40(28(2)26-41)37(43)33-22-32(38-36(42)21-30-14-7-5-8-15-30)18-19-34(33)45-29(3)13-11-12-20-44-35(27)25-39(4)24-31-16-9-6-10-17-31/h5,7-8,14-15,18-19,22,27-29,31,35,41H,6,9-13,16-17,20-21,23-26H2,1-4H3,(H,38,42)/t27-,28-,29+,35-/m0/s1. The van der Waals surface area contributed by atoms with Gasteiger partial charge in [-0.1, -0.05) is 56.5 Å². The van der Waals surface area contributed by atoms with Crippen LogP contribution in [0.25, 0.3) is 0 Å². The third-order valence-electron chi connectivity index (χ3n) is 9.33. The number of aliphatic hydroxyl groups is 1. The summed E-state index contributed by atoms with van der Waals surface area (Å²) >= 11 is 0. The van der Waals surface area contributed by atoms with Crippen LogP contribution in [0.1, 0.15) is 88.1 Å². The van der Waals surface area contributed by atoms with Crippen molar-refractivity contribution in [1.82, 2.24) is 9.80 Å². The number of benzene rings is 2. The number of rotatable bonds is 9. The van der Waals surface area contributed by atoms with Gasteiger partial charge < -0.3 is 29.7 Å². The molecule has 2 aliphatic rings. The molecule has 45 heavy (non-hydrogen) atoms. The van der Waals surface area contributed by atoms with E-state index in [0.29, 0.717) is 30.2 Å². The van der Waals surface area contributed by atoms with Crippen molar-refractivity contribution < 1.29 is 24.2 Å². The largest absolute Gasteiger partial charge is 0.490 e. The van der Waals surface area contributed by atoms with Gasteiger partial charge in [0, 0.05) is 37.8 Å². The Labute approximate surface area is 270 Å².